The summed E-state index contributed by atoms with van der Waals surface area (Å²) in [5, 5.41) is 2.79. The minimum Gasteiger partial charge on any atom is -0.493 e. The molecule has 41 heavy (non-hydrogen) atoms. The van der Waals surface area contributed by atoms with E-state index in [2.05, 4.69) is 10.0 Å². The highest BCUT2D eigenvalue weighted by atomic mass is 32.2. The van der Waals surface area contributed by atoms with E-state index in [4.69, 9.17) is 9.47 Å². The lowest BCUT2D eigenvalue weighted by Crippen LogP contribution is -2.47. The van der Waals surface area contributed by atoms with Gasteiger partial charge in [-0.3, -0.25) is 4.79 Å². The van der Waals surface area contributed by atoms with Gasteiger partial charge in [0.05, 0.1) is 24.0 Å². The van der Waals surface area contributed by atoms with Crippen molar-refractivity contribution in [2.24, 2.45) is 0 Å². The van der Waals surface area contributed by atoms with Crippen molar-refractivity contribution in [1.29, 1.82) is 0 Å². The maximum Gasteiger partial charge on any atom is 0.243 e. The highest BCUT2D eigenvalue weighted by molar-refractivity contribution is 7.89. The molecule has 12 heteroatoms. The van der Waals surface area contributed by atoms with Crippen LogP contribution in [0.2, 0.25) is 0 Å². The number of ether oxygens (including phenoxy) is 2. The first kappa shape index (κ1) is 30.5. The SMILES string of the molecule is COc1ccc(S(=O)(=O)N[C@@H](Cc2ccccc2)C(=O)NCc2ccc(S(=O)(=O)N3CCCCC3)cc2)cc1OC. The molecule has 1 saturated heterocycles. The Hall–Kier alpha value is -3.45. The molecule has 1 heterocycles. The molecule has 0 aromatic heterocycles. The summed E-state index contributed by atoms with van der Waals surface area (Å²) in [4.78, 5) is 13.4. The smallest absolute Gasteiger partial charge is 0.243 e. The molecular formula is C29H35N3O7S2. The molecular weight excluding hydrogens is 566 g/mol. The van der Waals surface area contributed by atoms with Gasteiger partial charge in [0.1, 0.15) is 6.04 Å². The molecule has 1 atom stereocenters. The van der Waals surface area contributed by atoms with E-state index in [0.717, 1.165) is 24.8 Å². The van der Waals surface area contributed by atoms with Gasteiger partial charge in [0.15, 0.2) is 11.5 Å². The first-order valence-corrected chi connectivity index (χ1v) is 16.2. The molecule has 1 aliphatic rings. The van der Waals surface area contributed by atoms with Crippen molar-refractivity contribution in [3.63, 3.8) is 0 Å². The molecule has 0 saturated carbocycles. The standard InChI is InChI=1S/C29H35N3O7S2/c1-38-27-16-15-25(20-28(27)39-2)40(34,35)31-26(19-22-9-5-3-6-10-22)29(33)30-21-23-11-13-24(14-12-23)41(36,37)32-17-7-4-8-18-32/h3,5-6,9-16,20,26,31H,4,7-8,17-19,21H2,1-2H3,(H,30,33)/t26-/m0/s1. The highest BCUT2D eigenvalue weighted by Crippen LogP contribution is 2.29. The van der Waals surface area contributed by atoms with Crippen LogP contribution in [-0.2, 0) is 37.8 Å². The van der Waals surface area contributed by atoms with Crippen molar-refractivity contribution in [3.05, 3.63) is 83.9 Å². The molecule has 3 aromatic rings. The monoisotopic (exact) mass is 601 g/mol. The van der Waals surface area contributed by atoms with Gasteiger partial charge >= 0.3 is 0 Å². The van der Waals surface area contributed by atoms with Crippen LogP contribution in [0.4, 0.5) is 0 Å². The van der Waals surface area contributed by atoms with E-state index in [-0.39, 0.29) is 28.5 Å². The van der Waals surface area contributed by atoms with Gasteiger partial charge in [-0.2, -0.15) is 9.03 Å². The first-order valence-electron chi connectivity index (χ1n) is 13.3. The van der Waals surface area contributed by atoms with E-state index in [1.54, 1.807) is 12.1 Å². The number of carbonyl (C=O) groups excluding carboxylic acids is 1. The topological polar surface area (TPSA) is 131 Å². The maximum atomic E-state index is 13.3. The van der Waals surface area contributed by atoms with Crippen molar-refractivity contribution in [1.82, 2.24) is 14.3 Å². The summed E-state index contributed by atoms with van der Waals surface area (Å²) >= 11 is 0. The van der Waals surface area contributed by atoms with Crippen molar-refractivity contribution >= 4 is 26.0 Å². The second kappa shape index (κ2) is 13.5. The molecule has 4 rings (SSSR count). The number of methoxy groups -OCH3 is 2. The van der Waals surface area contributed by atoms with Gasteiger partial charge in [-0.15, -0.1) is 0 Å². The van der Waals surface area contributed by atoms with Crippen LogP contribution in [-0.4, -0.2) is 60.4 Å². The van der Waals surface area contributed by atoms with Crippen LogP contribution in [0.5, 0.6) is 11.5 Å². The average Bonchev–Trinajstić information content (AvgIpc) is 3.00. The van der Waals surface area contributed by atoms with Crippen LogP contribution in [0.3, 0.4) is 0 Å². The predicted molar refractivity (Wildman–Crippen MR) is 155 cm³/mol. The largest absolute Gasteiger partial charge is 0.493 e. The van der Waals surface area contributed by atoms with Crippen LogP contribution in [0.1, 0.15) is 30.4 Å². The van der Waals surface area contributed by atoms with Gasteiger partial charge in [0.25, 0.3) is 0 Å². The maximum absolute atomic E-state index is 13.3. The Labute approximate surface area is 241 Å². The number of amides is 1. The molecule has 10 nitrogen and oxygen atoms in total. The number of carbonyl (C=O) groups is 1. The highest BCUT2D eigenvalue weighted by Gasteiger charge is 2.28. The summed E-state index contributed by atoms with van der Waals surface area (Å²) in [6, 6.07) is 18.5. The Morgan fingerprint density at radius 3 is 2.07 bits per heavy atom. The summed E-state index contributed by atoms with van der Waals surface area (Å²) in [6.45, 7) is 1.12. The summed E-state index contributed by atoms with van der Waals surface area (Å²) in [5.41, 5.74) is 1.45. The van der Waals surface area contributed by atoms with Gasteiger partial charge in [-0.1, -0.05) is 48.9 Å². The van der Waals surface area contributed by atoms with Crippen LogP contribution < -0.4 is 19.5 Å². The number of piperidine rings is 1. The summed E-state index contributed by atoms with van der Waals surface area (Å²) < 4.78 is 66.9. The fourth-order valence-electron chi connectivity index (χ4n) is 4.62. The summed E-state index contributed by atoms with van der Waals surface area (Å²) in [7, 11) is -4.82. The molecule has 1 amide bonds. The Balaban J connectivity index is 1.48. The second-order valence-electron chi connectivity index (χ2n) is 9.71. The van der Waals surface area contributed by atoms with Gasteiger partial charge in [0, 0.05) is 25.7 Å². The molecule has 0 unspecified atom stereocenters. The Morgan fingerprint density at radius 1 is 0.805 bits per heavy atom. The van der Waals surface area contributed by atoms with Crippen molar-refractivity contribution < 1.29 is 31.1 Å². The van der Waals surface area contributed by atoms with Crippen LogP contribution in [0, 0.1) is 0 Å². The van der Waals surface area contributed by atoms with Gasteiger partial charge in [-0.25, -0.2) is 16.8 Å². The van der Waals surface area contributed by atoms with Crippen LogP contribution in [0.25, 0.3) is 0 Å². The van der Waals surface area contributed by atoms with E-state index in [9.17, 15) is 21.6 Å². The lowest BCUT2D eigenvalue weighted by molar-refractivity contribution is -0.122. The average molecular weight is 602 g/mol. The second-order valence-corrected chi connectivity index (χ2v) is 13.4. The lowest BCUT2D eigenvalue weighted by Gasteiger charge is -2.25. The van der Waals surface area contributed by atoms with Gasteiger partial charge in [-0.05, 0) is 54.7 Å². The lowest BCUT2D eigenvalue weighted by atomic mass is 10.1. The summed E-state index contributed by atoms with van der Waals surface area (Å²) in [5.74, 6) is 0.0906. The van der Waals surface area contributed by atoms with Crippen LogP contribution in [0.15, 0.2) is 82.6 Å². The van der Waals surface area contributed by atoms with Crippen molar-refractivity contribution in [2.45, 2.75) is 48.1 Å². The number of hydrogen-bond donors (Lipinski definition) is 2. The van der Waals surface area contributed by atoms with E-state index in [0.29, 0.717) is 24.4 Å². The predicted octanol–water partition coefficient (Wildman–Crippen LogP) is 3.08. The number of nitrogens with zero attached hydrogens (tertiary/aromatic N) is 1. The normalized spacial score (nSPS) is 15.2. The van der Waals surface area contributed by atoms with Crippen molar-refractivity contribution in [2.75, 3.05) is 27.3 Å². The third-order valence-corrected chi connectivity index (χ3v) is 10.3. The molecule has 2 N–H and O–H groups in total. The number of hydrogen-bond acceptors (Lipinski definition) is 7. The van der Waals surface area contributed by atoms with Crippen LogP contribution >= 0.6 is 0 Å². The number of sulfonamides is 2. The van der Waals surface area contributed by atoms with E-state index in [1.165, 1.54) is 48.9 Å². The third kappa shape index (κ3) is 7.64. The molecule has 0 spiro atoms. The number of nitrogens with one attached hydrogen (secondary N) is 2. The molecule has 220 valence electrons. The Morgan fingerprint density at radius 2 is 1.44 bits per heavy atom. The molecule has 0 radical (unpaired) electrons. The van der Waals surface area contributed by atoms with Crippen molar-refractivity contribution in [3.8, 4) is 11.5 Å². The zero-order valence-electron chi connectivity index (χ0n) is 23.1. The van der Waals surface area contributed by atoms with E-state index < -0.39 is 32.0 Å². The van der Waals surface area contributed by atoms with E-state index >= 15 is 0 Å². The fourth-order valence-corrected chi connectivity index (χ4v) is 7.35. The Bertz CT molecular complexity index is 1540. The number of benzene rings is 3. The zero-order valence-corrected chi connectivity index (χ0v) is 24.7. The van der Waals surface area contributed by atoms with E-state index in [1.807, 2.05) is 30.3 Å². The molecule has 3 aromatic carbocycles. The number of rotatable bonds is 12. The summed E-state index contributed by atoms with van der Waals surface area (Å²) in [6.07, 6.45) is 2.85. The quantitative estimate of drug-likeness (QED) is 0.326. The molecule has 1 aliphatic heterocycles. The van der Waals surface area contributed by atoms with Gasteiger partial charge < -0.3 is 14.8 Å². The first-order chi connectivity index (χ1) is 19.6. The third-order valence-electron chi connectivity index (χ3n) is 6.90. The Kier molecular flexibility index (Phi) is 10.0. The molecule has 1 fully saturated rings. The minimum absolute atomic E-state index is 0.0773. The minimum atomic E-state index is -4.12. The zero-order chi connectivity index (χ0) is 29.5. The molecule has 0 bridgehead atoms. The van der Waals surface area contributed by atoms with Gasteiger partial charge in [0.2, 0.25) is 26.0 Å². The fraction of sp³-hybridized carbons (Fsp3) is 0.345. The molecule has 0 aliphatic carbocycles.